The van der Waals surface area contributed by atoms with Gasteiger partial charge in [0.15, 0.2) is 0 Å². The average Bonchev–Trinajstić information content (AvgIpc) is 2.29. The van der Waals surface area contributed by atoms with E-state index in [0.29, 0.717) is 11.3 Å². The topological polar surface area (TPSA) is 52.9 Å². The molecule has 0 aliphatic rings. The van der Waals surface area contributed by atoms with Gasteiger partial charge in [0.2, 0.25) is 5.91 Å². The zero-order valence-electron chi connectivity index (χ0n) is 9.90. The maximum atomic E-state index is 11.8. The minimum absolute atomic E-state index is 0.0178. The van der Waals surface area contributed by atoms with Gasteiger partial charge in [0, 0.05) is 11.3 Å². The number of rotatable bonds is 3. The zero-order valence-corrected chi connectivity index (χ0v) is 9.90. The molecule has 1 aromatic rings. The lowest BCUT2D eigenvalue weighted by Crippen LogP contribution is -2.25. The van der Waals surface area contributed by atoms with Crippen molar-refractivity contribution in [3.63, 3.8) is 0 Å². The number of hydrogen-bond acceptors (Lipinski definition) is 2. The van der Waals surface area contributed by atoms with E-state index < -0.39 is 5.92 Å². The molecule has 0 spiro atoms. The molecule has 1 atom stereocenters. The Morgan fingerprint density at radius 3 is 2.71 bits per heavy atom. The molecule has 1 unspecified atom stereocenters. The smallest absolute Gasteiger partial charge is 0.241 e. The molecule has 0 heterocycles. The van der Waals surface area contributed by atoms with E-state index in [0.717, 1.165) is 0 Å². The summed E-state index contributed by atoms with van der Waals surface area (Å²) in [5, 5.41) is 11.6. The summed E-state index contributed by atoms with van der Waals surface area (Å²) in [7, 11) is 0. The van der Waals surface area contributed by atoms with Gasteiger partial charge in [0.05, 0.1) is 6.07 Å². The number of benzene rings is 1. The molecular weight excluding hydrogens is 212 g/mol. The van der Waals surface area contributed by atoms with Gasteiger partial charge in [-0.15, -0.1) is 6.42 Å². The van der Waals surface area contributed by atoms with Crippen LogP contribution in [0.15, 0.2) is 24.3 Å². The third-order valence-corrected chi connectivity index (χ3v) is 2.38. The maximum absolute atomic E-state index is 11.8. The Hall–Kier alpha value is -2.26. The number of carbonyl (C=O) groups excluding carboxylic acids is 1. The highest BCUT2D eigenvalue weighted by atomic mass is 16.1. The van der Waals surface area contributed by atoms with Gasteiger partial charge in [-0.25, -0.2) is 0 Å². The van der Waals surface area contributed by atoms with E-state index in [9.17, 15) is 4.79 Å². The number of nitrogens with one attached hydrogen (secondary N) is 1. The first kappa shape index (κ1) is 12.8. The van der Waals surface area contributed by atoms with E-state index in [2.05, 4.69) is 11.2 Å². The number of nitrogens with zero attached hydrogens (tertiary/aromatic N) is 1. The normalized spacial score (nSPS) is 11.4. The first-order valence-corrected chi connectivity index (χ1v) is 5.35. The fraction of sp³-hybridized carbons (Fsp3) is 0.286. The number of terminal acetylenes is 1. The number of nitriles is 1. The zero-order chi connectivity index (χ0) is 12.8. The van der Waals surface area contributed by atoms with Crippen LogP contribution in [0.25, 0.3) is 0 Å². The molecule has 3 heteroatoms. The summed E-state index contributed by atoms with van der Waals surface area (Å²) in [6.07, 6.45) is 5.27. The summed E-state index contributed by atoms with van der Waals surface area (Å²) in [4.78, 5) is 11.8. The molecule has 1 aromatic carbocycles. The summed E-state index contributed by atoms with van der Waals surface area (Å²) in [5.74, 6) is 1.53. The Morgan fingerprint density at radius 2 is 2.18 bits per heavy atom. The van der Waals surface area contributed by atoms with Crippen LogP contribution in [0, 0.1) is 35.5 Å². The Labute approximate surface area is 101 Å². The summed E-state index contributed by atoms with van der Waals surface area (Å²) in [6.45, 7) is 3.68. The van der Waals surface area contributed by atoms with Gasteiger partial charge >= 0.3 is 0 Å². The number of carbonyl (C=O) groups is 1. The van der Waals surface area contributed by atoms with Crippen molar-refractivity contribution in [3.05, 3.63) is 29.8 Å². The second-order valence-corrected chi connectivity index (χ2v) is 4.07. The van der Waals surface area contributed by atoms with Crippen LogP contribution in [0.2, 0.25) is 0 Å². The van der Waals surface area contributed by atoms with Gasteiger partial charge in [-0.2, -0.15) is 5.26 Å². The molecule has 1 rings (SSSR count). The highest BCUT2D eigenvalue weighted by molar-refractivity contribution is 5.94. The molecule has 0 saturated heterocycles. The van der Waals surface area contributed by atoms with Crippen molar-refractivity contribution in [1.29, 1.82) is 5.26 Å². The van der Waals surface area contributed by atoms with Crippen LogP contribution in [-0.2, 0) is 4.79 Å². The summed E-state index contributed by atoms with van der Waals surface area (Å²) in [5.41, 5.74) is 1.31. The van der Waals surface area contributed by atoms with Crippen molar-refractivity contribution in [3.8, 4) is 18.4 Å². The van der Waals surface area contributed by atoms with Gasteiger partial charge in [-0.1, -0.05) is 25.8 Å². The Morgan fingerprint density at radius 1 is 1.47 bits per heavy atom. The summed E-state index contributed by atoms with van der Waals surface area (Å²) in [6, 6.07) is 8.99. The summed E-state index contributed by atoms with van der Waals surface area (Å²) < 4.78 is 0. The molecule has 0 bridgehead atoms. The van der Waals surface area contributed by atoms with Crippen molar-refractivity contribution in [1.82, 2.24) is 0 Å². The SMILES string of the molecule is C#Cc1cccc(NC(=O)C(C#N)C(C)C)c1. The van der Waals surface area contributed by atoms with Crippen molar-refractivity contribution in [2.45, 2.75) is 13.8 Å². The Bertz CT molecular complexity index is 492. The van der Waals surface area contributed by atoms with E-state index in [1.807, 2.05) is 19.9 Å². The minimum atomic E-state index is -0.649. The highest BCUT2D eigenvalue weighted by Crippen LogP contribution is 2.15. The molecule has 0 saturated carbocycles. The van der Waals surface area contributed by atoms with Gasteiger partial charge in [-0.05, 0) is 24.1 Å². The maximum Gasteiger partial charge on any atom is 0.241 e. The molecule has 0 radical (unpaired) electrons. The second-order valence-electron chi connectivity index (χ2n) is 4.07. The van der Waals surface area contributed by atoms with Gasteiger partial charge < -0.3 is 5.32 Å². The molecule has 0 aliphatic heterocycles. The number of amides is 1. The van der Waals surface area contributed by atoms with Crippen molar-refractivity contribution in [2.24, 2.45) is 11.8 Å². The molecule has 0 fully saturated rings. The highest BCUT2D eigenvalue weighted by Gasteiger charge is 2.21. The predicted molar refractivity (Wildman–Crippen MR) is 66.9 cm³/mol. The quantitative estimate of drug-likeness (QED) is 0.804. The molecule has 86 valence electrons. The predicted octanol–water partition coefficient (Wildman–Crippen LogP) is 2.40. The molecule has 17 heavy (non-hydrogen) atoms. The van der Waals surface area contributed by atoms with Crippen molar-refractivity contribution in [2.75, 3.05) is 5.32 Å². The van der Waals surface area contributed by atoms with E-state index in [-0.39, 0.29) is 11.8 Å². The van der Waals surface area contributed by atoms with E-state index in [1.165, 1.54) is 0 Å². The minimum Gasteiger partial charge on any atom is -0.325 e. The van der Waals surface area contributed by atoms with Gasteiger partial charge in [-0.3, -0.25) is 4.79 Å². The molecule has 0 aliphatic carbocycles. The van der Waals surface area contributed by atoms with E-state index in [4.69, 9.17) is 11.7 Å². The van der Waals surface area contributed by atoms with E-state index >= 15 is 0 Å². The molecule has 1 N–H and O–H groups in total. The lowest BCUT2D eigenvalue weighted by atomic mass is 9.96. The standard InChI is InChI=1S/C14H14N2O/c1-4-11-6-5-7-12(8-11)16-14(17)13(9-15)10(2)3/h1,5-8,10,13H,2-3H3,(H,16,17). The van der Waals surface area contributed by atoms with Crippen molar-refractivity contribution >= 4 is 11.6 Å². The number of anilines is 1. The Kier molecular flexibility index (Phi) is 4.31. The van der Waals surface area contributed by atoms with Crippen molar-refractivity contribution < 1.29 is 4.79 Å². The lowest BCUT2D eigenvalue weighted by Gasteiger charge is -2.13. The first-order valence-electron chi connectivity index (χ1n) is 5.35. The largest absolute Gasteiger partial charge is 0.325 e. The van der Waals surface area contributed by atoms with Crippen LogP contribution in [0.3, 0.4) is 0 Å². The third-order valence-electron chi connectivity index (χ3n) is 2.38. The van der Waals surface area contributed by atoms with Crippen LogP contribution in [0.1, 0.15) is 19.4 Å². The molecular formula is C14H14N2O. The third kappa shape index (κ3) is 3.36. The van der Waals surface area contributed by atoms with Gasteiger partial charge in [0.1, 0.15) is 5.92 Å². The van der Waals surface area contributed by atoms with Gasteiger partial charge in [0.25, 0.3) is 0 Å². The summed E-state index contributed by atoms with van der Waals surface area (Å²) >= 11 is 0. The fourth-order valence-electron chi connectivity index (χ4n) is 1.42. The lowest BCUT2D eigenvalue weighted by molar-refractivity contribution is -0.119. The van der Waals surface area contributed by atoms with Crippen LogP contribution < -0.4 is 5.32 Å². The Balaban J connectivity index is 2.82. The van der Waals surface area contributed by atoms with Crippen LogP contribution in [-0.4, -0.2) is 5.91 Å². The molecule has 0 aromatic heterocycles. The van der Waals surface area contributed by atoms with Crippen LogP contribution in [0.5, 0.6) is 0 Å². The second kappa shape index (κ2) is 5.72. The monoisotopic (exact) mass is 226 g/mol. The fourth-order valence-corrected chi connectivity index (χ4v) is 1.42. The molecule has 1 amide bonds. The van der Waals surface area contributed by atoms with E-state index in [1.54, 1.807) is 24.3 Å². The van der Waals surface area contributed by atoms with Crippen LogP contribution >= 0.6 is 0 Å². The average molecular weight is 226 g/mol. The molecule has 3 nitrogen and oxygen atoms in total. The number of hydrogen-bond donors (Lipinski definition) is 1. The van der Waals surface area contributed by atoms with Crippen LogP contribution in [0.4, 0.5) is 5.69 Å². The first-order chi connectivity index (χ1) is 8.08.